The number of carbonyl (C=O) groups excluding carboxylic acids is 1. The lowest BCUT2D eigenvalue weighted by molar-refractivity contribution is 0.102. The minimum absolute atomic E-state index is 0.113. The zero-order chi connectivity index (χ0) is 28.9. The Kier molecular flexibility index (Phi) is 8.02. The molecule has 1 atom stereocenters. The lowest BCUT2D eigenvalue weighted by Gasteiger charge is -2.36. The van der Waals surface area contributed by atoms with Crippen LogP contribution >= 0.6 is 0 Å². The molecule has 0 bridgehead atoms. The van der Waals surface area contributed by atoms with Gasteiger partial charge in [0.25, 0.3) is 5.91 Å². The molecule has 1 aliphatic rings. The Balaban J connectivity index is 1.12. The SMILES string of the molecule is O=C(Nc1ccc(-c2ccc3ncc(N4CCN(c5ccncc5)CC4)nc3c2)cc1)c1cccc(NCS(=O)O)c1. The first kappa shape index (κ1) is 27.3. The number of fused-ring (bicyclic) bond motifs is 1. The van der Waals surface area contributed by atoms with Crippen LogP contribution in [0.15, 0.2) is 97.5 Å². The van der Waals surface area contributed by atoms with Gasteiger partial charge in [0, 0.05) is 61.2 Å². The van der Waals surface area contributed by atoms with Crippen LogP contribution in [0.1, 0.15) is 10.4 Å². The van der Waals surface area contributed by atoms with Crippen molar-refractivity contribution >= 4 is 50.9 Å². The van der Waals surface area contributed by atoms with Gasteiger partial charge < -0.3 is 25.0 Å². The van der Waals surface area contributed by atoms with E-state index in [-0.39, 0.29) is 11.8 Å². The average molecular weight is 580 g/mol. The molecule has 6 rings (SSSR count). The first-order chi connectivity index (χ1) is 20.5. The molecule has 0 aliphatic carbocycles. The third-order valence-electron chi connectivity index (χ3n) is 7.16. The van der Waals surface area contributed by atoms with Crippen molar-refractivity contribution in [3.05, 3.63) is 103 Å². The molecule has 3 N–H and O–H groups in total. The van der Waals surface area contributed by atoms with Crippen molar-refractivity contribution in [2.24, 2.45) is 0 Å². The first-order valence-corrected chi connectivity index (χ1v) is 14.8. The highest BCUT2D eigenvalue weighted by molar-refractivity contribution is 7.79. The predicted octanol–water partition coefficient (Wildman–Crippen LogP) is 4.86. The highest BCUT2D eigenvalue weighted by atomic mass is 32.2. The number of hydrogen-bond acceptors (Lipinski definition) is 8. The molecule has 3 heterocycles. The van der Waals surface area contributed by atoms with Crippen LogP contribution in [0.2, 0.25) is 0 Å². The molecule has 3 aromatic carbocycles. The van der Waals surface area contributed by atoms with Gasteiger partial charge in [-0.1, -0.05) is 24.3 Å². The van der Waals surface area contributed by atoms with Crippen molar-refractivity contribution < 1.29 is 13.6 Å². The number of nitrogens with zero attached hydrogens (tertiary/aromatic N) is 5. The monoisotopic (exact) mass is 579 g/mol. The fraction of sp³-hybridized carbons (Fsp3) is 0.161. The van der Waals surface area contributed by atoms with Crippen LogP contribution in [0.25, 0.3) is 22.2 Å². The number of anilines is 4. The third-order valence-corrected chi connectivity index (χ3v) is 7.55. The minimum atomic E-state index is -1.98. The summed E-state index contributed by atoms with van der Waals surface area (Å²) in [6.45, 7) is 3.53. The Labute approximate surface area is 245 Å². The van der Waals surface area contributed by atoms with Crippen molar-refractivity contribution in [3.63, 3.8) is 0 Å². The van der Waals surface area contributed by atoms with E-state index >= 15 is 0 Å². The number of amides is 1. The summed E-state index contributed by atoms with van der Waals surface area (Å²) in [5.41, 5.74) is 6.55. The van der Waals surface area contributed by atoms with Crippen LogP contribution < -0.4 is 20.4 Å². The Bertz CT molecular complexity index is 1730. The molecule has 1 saturated heterocycles. The van der Waals surface area contributed by atoms with Gasteiger partial charge in [-0.3, -0.25) is 14.8 Å². The standard InChI is InChI=1S/C31H29N7O3S/c39-31(24-2-1-3-26(18-24)34-21-42(40)41)35-25-7-4-22(5-8-25)23-6-9-28-29(19-23)36-30(20-33-28)38-16-14-37(15-17-38)27-10-12-32-13-11-27/h1-13,18-20,34H,14-17,21H2,(H,35,39)(H,40,41). The van der Waals surface area contributed by atoms with Crippen molar-refractivity contribution in [3.8, 4) is 11.1 Å². The maximum Gasteiger partial charge on any atom is 0.255 e. The van der Waals surface area contributed by atoms with E-state index in [1.807, 2.05) is 73.2 Å². The molecule has 1 aliphatic heterocycles. The van der Waals surface area contributed by atoms with E-state index in [4.69, 9.17) is 9.54 Å². The normalized spacial score (nSPS) is 14.0. The third kappa shape index (κ3) is 6.37. The zero-order valence-corrected chi connectivity index (χ0v) is 23.5. The van der Waals surface area contributed by atoms with Crippen LogP contribution in [0.4, 0.5) is 22.9 Å². The second-order valence-electron chi connectivity index (χ2n) is 9.87. The summed E-state index contributed by atoms with van der Waals surface area (Å²) in [7, 11) is 0. The van der Waals surface area contributed by atoms with Gasteiger partial charge in [0.05, 0.1) is 17.2 Å². The van der Waals surface area contributed by atoms with Gasteiger partial charge in [-0.25, -0.2) is 9.19 Å². The number of pyridine rings is 1. The molecular formula is C31H29N7O3S. The van der Waals surface area contributed by atoms with Crippen LogP contribution in [0.5, 0.6) is 0 Å². The number of benzene rings is 3. The van der Waals surface area contributed by atoms with E-state index < -0.39 is 11.1 Å². The summed E-state index contributed by atoms with van der Waals surface area (Å²) >= 11 is -1.98. The highest BCUT2D eigenvalue weighted by Gasteiger charge is 2.19. The Morgan fingerprint density at radius 1 is 0.833 bits per heavy atom. The molecule has 212 valence electrons. The molecule has 0 saturated carbocycles. The quantitative estimate of drug-likeness (QED) is 0.221. The first-order valence-electron chi connectivity index (χ1n) is 13.5. The molecule has 10 nitrogen and oxygen atoms in total. The van der Waals surface area contributed by atoms with Gasteiger partial charge in [0.15, 0.2) is 11.1 Å². The Morgan fingerprint density at radius 2 is 1.57 bits per heavy atom. The number of rotatable bonds is 8. The van der Waals surface area contributed by atoms with Crippen molar-refractivity contribution in [1.82, 2.24) is 15.0 Å². The van der Waals surface area contributed by atoms with Crippen LogP contribution in [0.3, 0.4) is 0 Å². The molecule has 0 spiro atoms. The van der Waals surface area contributed by atoms with Gasteiger partial charge in [-0.2, -0.15) is 0 Å². The molecule has 42 heavy (non-hydrogen) atoms. The van der Waals surface area contributed by atoms with Gasteiger partial charge in [-0.05, 0) is 65.7 Å². The van der Waals surface area contributed by atoms with E-state index in [9.17, 15) is 9.00 Å². The number of carbonyl (C=O) groups is 1. The summed E-state index contributed by atoms with van der Waals surface area (Å²) in [5, 5.41) is 5.73. The largest absolute Gasteiger partial charge is 0.372 e. The average Bonchev–Trinajstić information content (AvgIpc) is 3.04. The van der Waals surface area contributed by atoms with E-state index in [0.717, 1.165) is 54.2 Å². The topological polar surface area (TPSA) is 124 Å². The van der Waals surface area contributed by atoms with Crippen molar-refractivity contribution in [1.29, 1.82) is 0 Å². The lowest BCUT2D eigenvalue weighted by atomic mass is 10.0. The van der Waals surface area contributed by atoms with Crippen molar-refractivity contribution in [2.75, 3.05) is 52.5 Å². The predicted molar refractivity (Wildman–Crippen MR) is 167 cm³/mol. The smallest absolute Gasteiger partial charge is 0.255 e. The van der Waals surface area contributed by atoms with Gasteiger partial charge in [0.2, 0.25) is 0 Å². The van der Waals surface area contributed by atoms with Crippen molar-refractivity contribution in [2.45, 2.75) is 0 Å². The molecule has 2 aromatic heterocycles. The molecule has 1 unspecified atom stereocenters. The fourth-order valence-corrected chi connectivity index (χ4v) is 5.24. The van der Waals surface area contributed by atoms with E-state index in [2.05, 4.69) is 30.4 Å². The second kappa shape index (κ2) is 12.3. The highest BCUT2D eigenvalue weighted by Crippen LogP contribution is 2.26. The van der Waals surface area contributed by atoms with E-state index in [1.54, 1.807) is 24.3 Å². The van der Waals surface area contributed by atoms with Gasteiger partial charge in [-0.15, -0.1) is 0 Å². The minimum Gasteiger partial charge on any atom is -0.372 e. The Hall–Kier alpha value is -4.87. The van der Waals surface area contributed by atoms with Crippen LogP contribution in [-0.2, 0) is 11.1 Å². The molecule has 11 heteroatoms. The zero-order valence-electron chi connectivity index (χ0n) is 22.7. The van der Waals surface area contributed by atoms with E-state index in [0.29, 0.717) is 16.9 Å². The molecule has 1 amide bonds. The summed E-state index contributed by atoms with van der Waals surface area (Å²) in [4.78, 5) is 31.1. The summed E-state index contributed by atoms with van der Waals surface area (Å²) in [6, 6.07) is 24.6. The number of aromatic nitrogens is 3. The summed E-state index contributed by atoms with van der Waals surface area (Å²) in [5.74, 6) is 0.487. The summed E-state index contributed by atoms with van der Waals surface area (Å²) < 4.78 is 19.9. The second-order valence-corrected chi connectivity index (χ2v) is 10.8. The molecule has 1 fully saturated rings. The number of hydrogen-bond donors (Lipinski definition) is 3. The maximum absolute atomic E-state index is 12.8. The van der Waals surface area contributed by atoms with Gasteiger partial charge >= 0.3 is 0 Å². The number of nitrogens with one attached hydrogen (secondary N) is 2. The Morgan fingerprint density at radius 3 is 2.33 bits per heavy atom. The number of piperazine rings is 1. The molecular weight excluding hydrogens is 550 g/mol. The maximum atomic E-state index is 12.8. The van der Waals surface area contributed by atoms with Crippen LogP contribution in [-0.4, -0.2) is 61.7 Å². The van der Waals surface area contributed by atoms with Gasteiger partial charge in [0.1, 0.15) is 11.7 Å². The van der Waals surface area contributed by atoms with Crippen LogP contribution in [0, 0.1) is 0 Å². The van der Waals surface area contributed by atoms with E-state index in [1.165, 1.54) is 5.69 Å². The summed E-state index contributed by atoms with van der Waals surface area (Å²) in [6.07, 6.45) is 5.49. The molecule has 0 radical (unpaired) electrons. The lowest BCUT2D eigenvalue weighted by Crippen LogP contribution is -2.46. The molecule has 5 aromatic rings. The fourth-order valence-electron chi connectivity index (χ4n) is 4.95.